The molecule has 32 heavy (non-hydrogen) atoms. The molecule has 0 aliphatic carbocycles. The standard InChI is InChI=1S/C17H17ClN6O7S/c18-11-7(1-2-8(25)13(11)27)12(20-19)14(28)21-24-4-3-23(16(24)31)17(15(29)30)6-22-9(26)5-10(22)32-17/h1-2,10,25,27H,3-6,19H2,(H,21,28)(H,29,30)/b20-12-. The Morgan fingerprint density at radius 1 is 1.28 bits per heavy atom. The zero-order valence-electron chi connectivity index (χ0n) is 16.2. The van der Waals surface area contributed by atoms with E-state index in [9.17, 15) is 34.5 Å². The Morgan fingerprint density at radius 3 is 2.59 bits per heavy atom. The molecular formula is C17H17ClN6O7S. The average molecular weight is 485 g/mol. The minimum Gasteiger partial charge on any atom is -0.504 e. The third-order valence-corrected chi connectivity index (χ3v) is 7.43. The summed E-state index contributed by atoms with van der Waals surface area (Å²) in [6.45, 7) is -0.198. The molecule has 3 saturated heterocycles. The summed E-state index contributed by atoms with van der Waals surface area (Å²) in [5.41, 5.74) is 1.77. The second-order valence-electron chi connectivity index (χ2n) is 7.19. The first kappa shape index (κ1) is 21.8. The van der Waals surface area contributed by atoms with Gasteiger partial charge in [-0.3, -0.25) is 19.9 Å². The summed E-state index contributed by atoms with van der Waals surface area (Å²) in [4.78, 5) is 50.3. The van der Waals surface area contributed by atoms with Crippen LogP contribution < -0.4 is 11.3 Å². The van der Waals surface area contributed by atoms with Gasteiger partial charge in [0, 0.05) is 12.1 Å². The van der Waals surface area contributed by atoms with Crippen LogP contribution in [0.25, 0.3) is 0 Å². The van der Waals surface area contributed by atoms with Gasteiger partial charge < -0.3 is 26.1 Å². The molecule has 2 atom stereocenters. The van der Waals surface area contributed by atoms with E-state index in [0.29, 0.717) is 0 Å². The Morgan fingerprint density at radius 2 is 2.00 bits per heavy atom. The minimum atomic E-state index is -1.66. The number of carbonyl (C=O) groups is 4. The maximum atomic E-state index is 13.0. The van der Waals surface area contributed by atoms with Crippen molar-refractivity contribution < 1.29 is 34.5 Å². The number of aliphatic carboxylic acids is 1. The van der Waals surface area contributed by atoms with Gasteiger partial charge in [-0.1, -0.05) is 23.4 Å². The van der Waals surface area contributed by atoms with Gasteiger partial charge in [-0.05, 0) is 12.1 Å². The van der Waals surface area contributed by atoms with Gasteiger partial charge in [-0.15, -0.1) is 0 Å². The highest BCUT2D eigenvalue weighted by atomic mass is 35.5. The number of benzene rings is 1. The van der Waals surface area contributed by atoms with Gasteiger partial charge >= 0.3 is 12.0 Å². The number of halogens is 1. The predicted molar refractivity (Wildman–Crippen MR) is 111 cm³/mol. The van der Waals surface area contributed by atoms with Crippen LogP contribution in [-0.4, -0.2) is 89.5 Å². The number of urea groups is 1. The highest BCUT2D eigenvalue weighted by Gasteiger charge is 2.62. The Labute approximate surface area is 189 Å². The third-order valence-electron chi connectivity index (χ3n) is 5.44. The van der Waals surface area contributed by atoms with Gasteiger partial charge in [0.05, 0.1) is 29.9 Å². The molecule has 0 saturated carbocycles. The summed E-state index contributed by atoms with van der Waals surface area (Å²) in [6.07, 6.45) is 0.207. The fourth-order valence-corrected chi connectivity index (χ4v) is 5.59. The summed E-state index contributed by atoms with van der Waals surface area (Å²) in [5.74, 6) is 1.72. The molecule has 3 heterocycles. The smallest absolute Gasteiger partial charge is 0.342 e. The third kappa shape index (κ3) is 3.14. The summed E-state index contributed by atoms with van der Waals surface area (Å²) in [5, 5.41) is 32.7. The highest BCUT2D eigenvalue weighted by Crippen LogP contribution is 2.49. The first-order chi connectivity index (χ1) is 15.1. The highest BCUT2D eigenvalue weighted by molar-refractivity contribution is 8.02. The Kier molecular flexibility index (Phi) is 5.21. The summed E-state index contributed by atoms with van der Waals surface area (Å²) in [6, 6.07) is 1.51. The molecule has 0 aromatic heterocycles. The molecular weight excluding hydrogens is 468 g/mol. The number of hydrazine groups is 1. The molecule has 1 aromatic carbocycles. The number of carbonyl (C=O) groups excluding carboxylic acids is 3. The number of β-lactam (4-membered cyclic amide) rings is 1. The summed E-state index contributed by atoms with van der Waals surface area (Å²) < 4.78 is 0. The van der Waals surface area contributed by atoms with Crippen molar-refractivity contribution in [2.45, 2.75) is 16.7 Å². The molecule has 4 rings (SSSR count). The number of thioether (sulfide) groups is 1. The van der Waals surface area contributed by atoms with E-state index in [1.807, 2.05) is 0 Å². The molecule has 3 fully saturated rings. The first-order valence-corrected chi connectivity index (χ1v) is 10.5. The van der Waals surface area contributed by atoms with Crippen molar-refractivity contribution in [3.8, 4) is 11.5 Å². The molecule has 3 aliphatic heterocycles. The number of nitrogens with one attached hydrogen (secondary N) is 1. The number of amides is 4. The van der Waals surface area contributed by atoms with Gasteiger partial charge in [0.15, 0.2) is 17.2 Å². The van der Waals surface area contributed by atoms with E-state index in [0.717, 1.165) is 27.7 Å². The molecule has 3 aliphatic rings. The van der Waals surface area contributed by atoms with E-state index < -0.39 is 40.0 Å². The Balaban J connectivity index is 1.52. The van der Waals surface area contributed by atoms with E-state index in [2.05, 4.69) is 10.5 Å². The lowest BCUT2D eigenvalue weighted by molar-refractivity contribution is -0.147. The van der Waals surface area contributed by atoms with Crippen LogP contribution in [0, 0.1) is 0 Å². The topological polar surface area (TPSA) is 189 Å². The van der Waals surface area contributed by atoms with Crippen LogP contribution in [0.15, 0.2) is 17.2 Å². The van der Waals surface area contributed by atoms with E-state index in [4.69, 9.17) is 17.4 Å². The number of fused-ring (bicyclic) bond motifs is 1. The van der Waals surface area contributed by atoms with Crippen molar-refractivity contribution in [1.29, 1.82) is 0 Å². The lowest BCUT2D eigenvalue weighted by Gasteiger charge is -2.33. The summed E-state index contributed by atoms with van der Waals surface area (Å²) >= 11 is 6.97. The molecule has 4 amide bonds. The number of nitrogens with zero attached hydrogens (tertiary/aromatic N) is 4. The van der Waals surface area contributed by atoms with Gasteiger partial charge in [0.25, 0.3) is 5.91 Å². The maximum Gasteiger partial charge on any atom is 0.342 e. The quantitative estimate of drug-likeness (QED) is 0.118. The first-order valence-electron chi connectivity index (χ1n) is 9.20. The normalized spacial score (nSPS) is 25.1. The number of hydrazone groups is 1. The molecule has 15 heteroatoms. The van der Waals surface area contributed by atoms with Crippen LogP contribution in [0.5, 0.6) is 11.5 Å². The van der Waals surface area contributed by atoms with Crippen molar-refractivity contribution in [3.63, 3.8) is 0 Å². The number of nitrogens with two attached hydrogens (primary N) is 1. The number of carboxylic acids is 1. The molecule has 1 aromatic rings. The van der Waals surface area contributed by atoms with Crippen molar-refractivity contribution in [1.82, 2.24) is 20.2 Å². The number of phenols is 2. The Hall–Kier alpha value is -3.39. The number of phenolic OH excluding ortho intramolecular Hbond substituents is 2. The monoisotopic (exact) mass is 484 g/mol. The molecule has 6 N–H and O–H groups in total. The number of rotatable bonds is 5. The van der Waals surface area contributed by atoms with Crippen LogP contribution >= 0.6 is 23.4 Å². The van der Waals surface area contributed by atoms with Crippen molar-refractivity contribution >= 4 is 52.9 Å². The molecule has 13 nitrogen and oxygen atoms in total. The number of carboxylic acid groups (broad SMARTS) is 1. The number of hydrogen-bond donors (Lipinski definition) is 5. The molecule has 0 radical (unpaired) electrons. The molecule has 2 unspecified atom stereocenters. The van der Waals surface area contributed by atoms with Gasteiger partial charge in [-0.2, -0.15) is 5.10 Å². The predicted octanol–water partition coefficient (Wildman–Crippen LogP) is -0.731. The lowest BCUT2D eigenvalue weighted by Crippen LogP contribution is -2.58. The van der Waals surface area contributed by atoms with Crippen LogP contribution in [0.4, 0.5) is 4.79 Å². The van der Waals surface area contributed by atoms with E-state index in [1.54, 1.807) is 0 Å². The van der Waals surface area contributed by atoms with E-state index >= 15 is 0 Å². The largest absolute Gasteiger partial charge is 0.504 e. The second-order valence-corrected chi connectivity index (χ2v) is 9.02. The van der Waals surface area contributed by atoms with Gasteiger partial charge in [0.1, 0.15) is 0 Å². The second kappa shape index (κ2) is 7.63. The summed E-state index contributed by atoms with van der Waals surface area (Å²) in [7, 11) is 0. The van der Waals surface area contributed by atoms with Crippen LogP contribution in [0.3, 0.4) is 0 Å². The van der Waals surface area contributed by atoms with Crippen LogP contribution in [0.1, 0.15) is 12.0 Å². The zero-order chi connectivity index (χ0) is 23.4. The van der Waals surface area contributed by atoms with Crippen molar-refractivity contribution in [3.05, 3.63) is 22.7 Å². The number of aromatic hydroxyl groups is 2. The van der Waals surface area contributed by atoms with Crippen molar-refractivity contribution in [2.75, 3.05) is 19.6 Å². The van der Waals surface area contributed by atoms with Crippen LogP contribution in [0.2, 0.25) is 5.02 Å². The van der Waals surface area contributed by atoms with Gasteiger partial charge in [-0.25, -0.2) is 14.6 Å². The zero-order valence-corrected chi connectivity index (χ0v) is 17.8. The van der Waals surface area contributed by atoms with Crippen LogP contribution in [-0.2, 0) is 14.4 Å². The van der Waals surface area contributed by atoms with E-state index in [-0.39, 0.29) is 47.9 Å². The fraction of sp³-hybridized carbons (Fsp3) is 0.353. The Bertz CT molecular complexity index is 1080. The fourth-order valence-electron chi connectivity index (χ4n) is 3.74. The molecule has 0 bridgehead atoms. The maximum absolute atomic E-state index is 13.0. The number of hydrogen-bond acceptors (Lipinski definition) is 9. The average Bonchev–Trinajstić information content (AvgIpc) is 3.26. The van der Waals surface area contributed by atoms with Gasteiger partial charge in [0.2, 0.25) is 10.8 Å². The van der Waals surface area contributed by atoms with E-state index in [1.165, 1.54) is 11.0 Å². The minimum absolute atomic E-state index is 0.0109. The SMILES string of the molecule is N/N=C(\C(=O)NN1CCN(C2(C(=O)O)CN3C(=O)CC3S2)C1=O)c1ccc(O)c(O)c1Cl. The molecule has 170 valence electrons. The lowest BCUT2D eigenvalue weighted by atomic mass is 10.1. The molecule has 0 spiro atoms. The van der Waals surface area contributed by atoms with Crippen molar-refractivity contribution in [2.24, 2.45) is 10.9 Å².